The molecular formula is C15H26O. The molecule has 3 aliphatic rings. The molecule has 1 nitrogen and oxygen atoms in total. The second kappa shape index (κ2) is 3.04. The molecule has 0 aliphatic heterocycles. The molecule has 3 fully saturated rings. The van der Waals surface area contributed by atoms with Crippen LogP contribution in [0.25, 0.3) is 0 Å². The molecule has 1 heteroatoms. The van der Waals surface area contributed by atoms with Crippen LogP contribution < -0.4 is 0 Å². The zero-order valence-corrected chi connectivity index (χ0v) is 11.2. The van der Waals surface area contributed by atoms with Gasteiger partial charge in [-0.2, -0.15) is 0 Å². The van der Waals surface area contributed by atoms with Gasteiger partial charge in [-0.05, 0) is 60.7 Å². The minimum absolute atomic E-state index is 0.327. The van der Waals surface area contributed by atoms with E-state index in [0.717, 1.165) is 24.2 Å². The first-order valence-corrected chi connectivity index (χ1v) is 7.11. The quantitative estimate of drug-likeness (QED) is 0.665. The Morgan fingerprint density at radius 2 is 1.69 bits per heavy atom. The molecule has 0 aromatic heterocycles. The molecule has 3 rings (SSSR count). The summed E-state index contributed by atoms with van der Waals surface area (Å²) in [5.74, 6) is 3.55. The van der Waals surface area contributed by atoms with Gasteiger partial charge in [-0.1, -0.05) is 27.7 Å². The van der Waals surface area contributed by atoms with Crippen LogP contribution in [0.5, 0.6) is 0 Å². The van der Waals surface area contributed by atoms with Crippen LogP contribution in [0, 0.1) is 35.0 Å². The van der Waals surface area contributed by atoms with E-state index in [1.807, 2.05) is 0 Å². The van der Waals surface area contributed by atoms with Gasteiger partial charge in [0.15, 0.2) is 0 Å². The summed E-state index contributed by atoms with van der Waals surface area (Å²) in [6.45, 7) is 9.49. The summed E-state index contributed by atoms with van der Waals surface area (Å²) in [5.41, 5.74) is 0.185. The summed E-state index contributed by atoms with van der Waals surface area (Å²) >= 11 is 0. The highest BCUT2D eigenvalue weighted by Gasteiger charge is 2.68. The van der Waals surface area contributed by atoms with Gasteiger partial charge >= 0.3 is 0 Å². The van der Waals surface area contributed by atoms with Gasteiger partial charge in [0.05, 0.1) is 5.60 Å². The fourth-order valence-electron chi connectivity index (χ4n) is 5.27. The third-order valence-corrected chi connectivity index (χ3v) is 6.48. The number of hydrogen-bond donors (Lipinski definition) is 1. The predicted molar refractivity (Wildman–Crippen MR) is 66.0 cm³/mol. The smallest absolute Gasteiger partial charge is 0.0706 e. The molecule has 0 unspecified atom stereocenters. The van der Waals surface area contributed by atoms with Crippen molar-refractivity contribution < 1.29 is 5.11 Å². The van der Waals surface area contributed by atoms with E-state index in [9.17, 15) is 5.11 Å². The van der Waals surface area contributed by atoms with Crippen LogP contribution in [0.1, 0.15) is 53.4 Å². The normalized spacial score (nSPS) is 58.7. The van der Waals surface area contributed by atoms with E-state index in [1.165, 1.54) is 19.3 Å². The summed E-state index contributed by atoms with van der Waals surface area (Å²) in [4.78, 5) is 0. The fourth-order valence-corrected chi connectivity index (χ4v) is 5.27. The molecule has 16 heavy (non-hydrogen) atoms. The van der Waals surface area contributed by atoms with Crippen LogP contribution in [-0.4, -0.2) is 10.7 Å². The Bertz CT molecular complexity index is 309. The van der Waals surface area contributed by atoms with Crippen molar-refractivity contribution in [1.29, 1.82) is 0 Å². The van der Waals surface area contributed by atoms with Gasteiger partial charge in [0, 0.05) is 0 Å². The molecule has 0 aromatic rings. The van der Waals surface area contributed by atoms with Gasteiger partial charge in [-0.15, -0.1) is 0 Å². The maximum Gasteiger partial charge on any atom is 0.0706 e. The highest BCUT2D eigenvalue weighted by molar-refractivity contribution is 5.17. The molecule has 3 aliphatic carbocycles. The largest absolute Gasteiger partial charge is 0.389 e. The summed E-state index contributed by atoms with van der Waals surface area (Å²) in [6.07, 6.45) is 4.89. The van der Waals surface area contributed by atoms with Gasteiger partial charge in [-0.3, -0.25) is 0 Å². The molecule has 3 saturated carbocycles. The summed E-state index contributed by atoms with van der Waals surface area (Å²) in [5, 5.41) is 11.1. The second-order valence-electron chi connectivity index (χ2n) is 7.47. The third-order valence-electron chi connectivity index (χ3n) is 6.48. The lowest BCUT2D eigenvalue weighted by atomic mass is 9.73. The standard InChI is InChI=1S/C15H26O/c1-9-7-8-15(16)10(2)5-6-11-13(12(9)15)14(11,3)4/h9-13,16H,5-8H2,1-4H3/t9-,10-,11-,12+,13-,15+/m1/s1. The van der Waals surface area contributed by atoms with Crippen molar-refractivity contribution in [3.8, 4) is 0 Å². The van der Waals surface area contributed by atoms with Crippen molar-refractivity contribution >= 4 is 0 Å². The van der Waals surface area contributed by atoms with Crippen LogP contribution >= 0.6 is 0 Å². The Kier molecular flexibility index (Phi) is 2.11. The number of rotatable bonds is 0. The molecule has 0 aromatic carbocycles. The molecule has 0 radical (unpaired) electrons. The first-order chi connectivity index (χ1) is 7.39. The highest BCUT2D eigenvalue weighted by atomic mass is 16.3. The molecule has 0 saturated heterocycles. The Morgan fingerprint density at radius 3 is 2.38 bits per heavy atom. The lowest BCUT2D eigenvalue weighted by Gasteiger charge is -2.37. The zero-order valence-electron chi connectivity index (χ0n) is 11.2. The summed E-state index contributed by atoms with van der Waals surface area (Å²) in [7, 11) is 0. The Labute approximate surface area is 99.6 Å². The summed E-state index contributed by atoms with van der Waals surface area (Å²) in [6, 6.07) is 0. The third kappa shape index (κ3) is 1.16. The van der Waals surface area contributed by atoms with Gasteiger partial charge in [-0.25, -0.2) is 0 Å². The minimum Gasteiger partial charge on any atom is -0.389 e. The predicted octanol–water partition coefficient (Wildman–Crippen LogP) is 3.47. The minimum atomic E-state index is -0.327. The van der Waals surface area contributed by atoms with Crippen LogP contribution in [0.2, 0.25) is 0 Å². The molecular weight excluding hydrogens is 196 g/mol. The van der Waals surface area contributed by atoms with Crippen molar-refractivity contribution in [2.75, 3.05) is 0 Å². The molecule has 6 atom stereocenters. The molecule has 0 spiro atoms. The van der Waals surface area contributed by atoms with Crippen molar-refractivity contribution in [2.24, 2.45) is 35.0 Å². The number of hydrogen-bond acceptors (Lipinski definition) is 1. The topological polar surface area (TPSA) is 20.2 Å². The van der Waals surface area contributed by atoms with Gasteiger partial charge < -0.3 is 5.11 Å². The van der Waals surface area contributed by atoms with Gasteiger partial charge in [0.1, 0.15) is 0 Å². The molecule has 92 valence electrons. The van der Waals surface area contributed by atoms with Gasteiger partial charge in [0.2, 0.25) is 0 Å². The monoisotopic (exact) mass is 222 g/mol. The first kappa shape index (κ1) is 11.1. The zero-order chi connectivity index (χ0) is 11.7. The molecule has 0 bridgehead atoms. The second-order valence-corrected chi connectivity index (χ2v) is 7.47. The Balaban J connectivity index is 1.98. The van der Waals surface area contributed by atoms with E-state index < -0.39 is 0 Å². The van der Waals surface area contributed by atoms with E-state index in [1.54, 1.807) is 0 Å². The van der Waals surface area contributed by atoms with Crippen LogP contribution in [0.4, 0.5) is 0 Å². The van der Waals surface area contributed by atoms with Crippen molar-refractivity contribution in [2.45, 2.75) is 59.0 Å². The number of aliphatic hydroxyl groups is 1. The molecule has 0 heterocycles. The Hall–Kier alpha value is -0.0400. The van der Waals surface area contributed by atoms with Crippen LogP contribution in [0.3, 0.4) is 0 Å². The van der Waals surface area contributed by atoms with Crippen LogP contribution in [0.15, 0.2) is 0 Å². The van der Waals surface area contributed by atoms with Crippen molar-refractivity contribution in [1.82, 2.24) is 0 Å². The van der Waals surface area contributed by atoms with Gasteiger partial charge in [0.25, 0.3) is 0 Å². The number of fused-ring (bicyclic) bond motifs is 3. The lowest BCUT2D eigenvalue weighted by Crippen LogP contribution is -2.42. The maximum absolute atomic E-state index is 11.1. The molecule has 0 amide bonds. The average molecular weight is 222 g/mol. The average Bonchev–Trinajstić information content (AvgIpc) is 2.64. The summed E-state index contributed by atoms with van der Waals surface area (Å²) < 4.78 is 0. The van der Waals surface area contributed by atoms with E-state index in [0.29, 0.717) is 17.3 Å². The molecule has 1 N–H and O–H groups in total. The van der Waals surface area contributed by atoms with Crippen LogP contribution in [-0.2, 0) is 0 Å². The van der Waals surface area contributed by atoms with E-state index in [2.05, 4.69) is 27.7 Å². The SMILES string of the molecule is C[C@@H]1CC[C@@]2(O)[C@@H]1[C@H]1[C@@H](CC[C@H]2C)C1(C)C. The Morgan fingerprint density at radius 1 is 1.00 bits per heavy atom. The highest BCUT2D eigenvalue weighted by Crippen LogP contribution is 2.71. The van der Waals surface area contributed by atoms with E-state index in [4.69, 9.17) is 0 Å². The van der Waals surface area contributed by atoms with E-state index in [-0.39, 0.29) is 5.60 Å². The fraction of sp³-hybridized carbons (Fsp3) is 1.00. The maximum atomic E-state index is 11.1. The van der Waals surface area contributed by atoms with E-state index >= 15 is 0 Å². The van der Waals surface area contributed by atoms with Crippen molar-refractivity contribution in [3.05, 3.63) is 0 Å². The lowest BCUT2D eigenvalue weighted by molar-refractivity contribution is -0.0624. The first-order valence-electron chi connectivity index (χ1n) is 7.11. The van der Waals surface area contributed by atoms with Crippen molar-refractivity contribution in [3.63, 3.8) is 0 Å².